The van der Waals surface area contributed by atoms with Crippen LogP contribution in [0, 0.1) is 5.41 Å². The summed E-state index contributed by atoms with van der Waals surface area (Å²) in [5.41, 5.74) is 4.87. The summed E-state index contributed by atoms with van der Waals surface area (Å²) in [5, 5.41) is 4.67. The van der Waals surface area contributed by atoms with E-state index in [1.165, 1.54) is 48.9 Å². The van der Waals surface area contributed by atoms with Crippen LogP contribution < -0.4 is 5.32 Å². The Kier molecular flexibility index (Phi) is 2.35. The van der Waals surface area contributed by atoms with E-state index in [9.17, 15) is 0 Å². The Morgan fingerprint density at radius 1 is 1.28 bits per heavy atom. The highest BCUT2D eigenvalue weighted by atomic mass is 35.5. The summed E-state index contributed by atoms with van der Waals surface area (Å²) in [6, 6.07) is 4.69. The molecule has 0 amide bonds. The summed E-state index contributed by atoms with van der Waals surface area (Å²) in [5.74, 6) is 1.44. The second-order valence-corrected chi connectivity index (χ2v) is 7.03. The van der Waals surface area contributed by atoms with Gasteiger partial charge in [0.05, 0.1) is 0 Å². The molecule has 1 N–H and O–H groups in total. The van der Waals surface area contributed by atoms with E-state index in [4.69, 9.17) is 11.6 Å². The van der Waals surface area contributed by atoms with Crippen molar-refractivity contribution in [3.63, 3.8) is 0 Å². The maximum atomic E-state index is 6.68. The van der Waals surface area contributed by atoms with E-state index in [1.807, 2.05) is 0 Å². The lowest BCUT2D eigenvalue weighted by Crippen LogP contribution is -2.30. The van der Waals surface area contributed by atoms with Crippen LogP contribution in [0.15, 0.2) is 12.1 Å². The van der Waals surface area contributed by atoms with Crippen LogP contribution in [0.2, 0.25) is 5.02 Å². The molecule has 0 radical (unpaired) electrons. The van der Waals surface area contributed by atoms with Crippen molar-refractivity contribution in [2.24, 2.45) is 5.41 Å². The van der Waals surface area contributed by atoms with Crippen molar-refractivity contribution in [1.29, 1.82) is 0 Å². The predicted molar refractivity (Wildman–Crippen MR) is 75.5 cm³/mol. The van der Waals surface area contributed by atoms with Crippen molar-refractivity contribution in [1.82, 2.24) is 5.32 Å². The predicted octanol–water partition coefficient (Wildman–Crippen LogP) is 3.86. The van der Waals surface area contributed by atoms with Crippen LogP contribution in [0.5, 0.6) is 0 Å². The highest BCUT2D eigenvalue weighted by Crippen LogP contribution is 2.52. The third-order valence-corrected chi connectivity index (χ3v) is 5.81. The molecular weight excluding hydrogens is 242 g/mol. The average Bonchev–Trinajstić information content (AvgIpc) is 3.10. The van der Waals surface area contributed by atoms with Gasteiger partial charge in [0.25, 0.3) is 0 Å². The number of rotatable bonds is 1. The zero-order chi connectivity index (χ0) is 12.3. The van der Waals surface area contributed by atoms with Gasteiger partial charge in [-0.3, -0.25) is 0 Å². The van der Waals surface area contributed by atoms with Crippen molar-refractivity contribution in [3.05, 3.63) is 33.8 Å². The highest BCUT2D eigenvalue weighted by molar-refractivity contribution is 6.32. The van der Waals surface area contributed by atoms with Gasteiger partial charge in [0.15, 0.2) is 0 Å². The Bertz CT molecular complexity index is 506. The van der Waals surface area contributed by atoms with Gasteiger partial charge in [0.1, 0.15) is 0 Å². The first kappa shape index (κ1) is 11.3. The fourth-order valence-corrected chi connectivity index (χ4v) is 4.40. The van der Waals surface area contributed by atoms with Crippen LogP contribution in [0.25, 0.3) is 0 Å². The maximum Gasteiger partial charge on any atom is 0.0475 e. The molecule has 1 saturated heterocycles. The molecule has 0 bridgehead atoms. The number of benzene rings is 1. The van der Waals surface area contributed by atoms with E-state index >= 15 is 0 Å². The second-order valence-electron chi connectivity index (χ2n) is 6.65. The largest absolute Gasteiger partial charge is 0.316 e. The van der Waals surface area contributed by atoms with Gasteiger partial charge in [-0.1, -0.05) is 30.7 Å². The molecule has 3 aliphatic rings. The lowest BCUT2D eigenvalue weighted by molar-refractivity contribution is 0.277. The maximum absolute atomic E-state index is 6.68. The molecule has 4 rings (SSSR count). The van der Waals surface area contributed by atoms with Gasteiger partial charge in [-0.05, 0) is 53.7 Å². The van der Waals surface area contributed by atoms with E-state index in [2.05, 4.69) is 24.4 Å². The van der Waals surface area contributed by atoms with E-state index in [1.54, 1.807) is 0 Å². The van der Waals surface area contributed by atoms with Crippen LogP contribution >= 0.6 is 11.6 Å². The molecule has 1 heterocycles. The molecule has 96 valence electrons. The highest BCUT2D eigenvalue weighted by Gasteiger charge is 2.44. The summed E-state index contributed by atoms with van der Waals surface area (Å²) in [6.45, 7) is 4.73. The quantitative estimate of drug-likeness (QED) is 0.810. The summed E-state index contributed by atoms with van der Waals surface area (Å²) in [4.78, 5) is 0. The topological polar surface area (TPSA) is 12.0 Å². The van der Waals surface area contributed by atoms with Gasteiger partial charge in [-0.25, -0.2) is 0 Å². The molecule has 0 spiro atoms. The molecular formula is C16H20ClN. The Morgan fingerprint density at radius 2 is 2.06 bits per heavy atom. The number of hydrogen-bond acceptors (Lipinski definition) is 1. The van der Waals surface area contributed by atoms with Crippen molar-refractivity contribution >= 4 is 11.6 Å². The first-order valence-electron chi connectivity index (χ1n) is 7.21. The molecule has 0 unspecified atom stereocenters. The molecule has 2 atom stereocenters. The van der Waals surface area contributed by atoms with Crippen LogP contribution in [-0.4, -0.2) is 13.1 Å². The summed E-state index contributed by atoms with van der Waals surface area (Å²) in [6.07, 6.45) is 5.12. The minimum absolute atomic E-state index is 0.456. The molecule has 18 heavy (non-hydrogen) atoms. The van der Waals surface area contributed by atoms with Gasteiger partial charge < -0.3 is 5.32 Å². The van der Waals surface area contributed by atoms with E-state index in [0.717, 1.165) is 17.5 Å². The van der Waals surface area contributed by atoms with E-state index < -0.39 is 0 Å². The van der Waals surface area contributed by atoms with Crippen LogP contribution in [0.4, 0.5) is 0 Å². The van der Waals surface area contributed by atoms with Gasteiger partial charge in [0.2, 0.25) is 0 Å². The van der Waals surface area contributed by atoms with Crippen LogP contribution in [0.1, 0.15) is 54.7 Å². The first-order chi connectivity index (χ1) is 8.69. The molecule has 2 heteroatoms. The average molecular weight is 262 g/mol. The molecule has 0 aromatic heterocycles. The Balaban J connectivity index is 1.82. The fraction of sp³-hybridized carbons (Fsp3) is 0.625. The second kappa shape index (κ2) is 3.74. The lowest BCUT2D eigenvalue weighted by Gasteiger charge is -2.37. The van der Waals surface area contributed by atoms with E-state index in [-0.39, 0.29) is 0 Å². The molecule has 1 saturated carbocycles. The lowest BCUT2D eigenvalue weighted by atomic mass is 9.67. The third kappa shape index (κ3) is 1.50. The summed E-state index contributed by atoms with van der Waals surface area (Å²) in [7, 11) is 0. The molecule has 1 aromatic rings. The zero-order valence-corrected chi connectivity index (χ0v) is 11.7. The van der Waals surface area contributed by atoms with Gasteiger partial charge in [-0.15, -0.1) is 0 Å². The number of halogens is 1. The molecule has 1 aromatic carbocycles. The van der Waals surface area contributed by atoms with Gasteiger partial charge in [0, 0.05) is 24.0 Å². The number of fused-ring (bicyclic) bond motifs is 3. The van der Waals surface area contributed by atoms with Gasteiger partial charge >= 0.3 is 0 Å². The zero-order valence-electron chi connectivity index (χ0n) is 10.9. The molecule has 2 fully saturated rings. The standard InChI is InChI=1S/C16H20ClN/c1-16-7-6-13-12(14(16)8-18-9-16)5-4-11(15(13)17)10-2-3-10/h4-5,10,14,18H,2-3,6-9H2,1H3/t14-,16+/m1/s1. The number of nitrogens with one attached hydrogen (secondary N) is 1. The van der Waals surface area contributed by atoms with Gasteiger partial charge in [-0.2, -0.15) is 0 Å². The SMILES string of the molecule is C[C@@]12CCc3c(ccc(C4CC4)c3Cl)[C@H]1CNC2. The van der Waals surface area contributed by atoms with E-state index in [0.29, 0.717) is 11.3 Å². The third-order valence-electron chi connectivity index (χ3n) is 5.37. The molecule has 2 aliphatic carbocycles. The summed E-state index contributed by atoms with van der Waals surface area (Å²) >= 11 is 6.68. The van der Waals surface area contributed by atoms with Crippen molar-refractivity contribution in [2.45, 2.75) is 44.4 Å². The van der Waals surface area contributed by atoms with Crippen LogP contribution in [-0.2, 0) is 6.42 Å². The molecule has 1 aliphatic heterocycles. The monoisotopic (exact) mass is 261 g/mol. The Labute approximate surface area is 114 Å². The van der Waals surface area contributed by atoms with Crippen molar-refractivity contribution in [2.75, 3.05) is 13.1 Å². The van der Waals surface area contributed by atoms with Crippen molar-refractivity contribution in [3.8, 4) is 0 Å². The fourth-order valence-electron chi connectivity index (χ4n) is 3.97. The Morgan fingerprint density at radius 3 is 2.83 bits per heavy atom. The Hall–Kier alpha value is -0.530. The minimum Gasteiger partial charge on any atom is -0.316 e. The van der Waals surface area contributed by atoms with Crippen LogP contribution in [0.3, 0.4) is 0 Å². The normalized spacial score (nSPS) is 34.2. The summed E-state index contributed by atoms with van der Waals surface area (Å²) < 4.78 is 0. The first-order valence-corrected chi connectivity index (χ1v) is 7.59. The smallest absolute Gasteiger partial charge is 0.0475 e. The molecule has 1 nitrogen and oxygen atoms in total. The number of hydrogen-bond donors (Lipinski definition) is 1. The minimum atomic E-state index is 0.456. The van der Waals surface area contributed by atoms with Crippen molar-refractivity contribution < 1.29 is 0 Å².